The number of hydrogen-bond donors (Lipinski definition) is 2. The molecular formula is C23H35N3O. The zero-order chi connectivity index (χ0) is 19.0. The third-order valence-corrected chi connectivity index (χ3v) is 8.27. The molecule has 4 heteroatoms. The smallest absolute Gasteiger partial charge is 0.263 e. The van der Waals surface area contributed by atoms with Gasteiger partial charge in [0.25, 0.3) is 5.91 Å². The Labute approximate surface area is 164 Å². The van der Waals surface area contributed by atoms with Crippen LogP contribution in [0.3, 0.4) is 0 Å². The fourth-order valence-electron chi connectivity index (χ4n) is 7.04. The van der Waals surface area contributed by atoms with Crippen molar-refractivity contribution in [2.75, 3.05) is 0 Å². The third-order valence-electron chi connectivity index (χ3n) is 8.27. The molecule has 0 heterocycles. The van der Waals surface area contributed by atoms with Crippen LogP contribution in [-0.4, -0.2) is 18.0 Å². The Morgan fingerprint density at radius 2 is 1.70 bits per heavy atom. The molecule has 0 spiro atoms. The number of rotatable bonds is 5. The standard InChI is InChI=1S/C23H35N3O/c1-15-5-3-4-6-21(15)25-14-20(13-24)22(27)26-16(2)23-10-17-7-18(11-23)9-19(8-17)12-23/h14-19,21,25H,3-12H2,1-2H3,(H,26,27)/b20-14-. The minimum absolute atomic E-state index is 0.156. The number of carbonyl (C=O) groups is 1. The van der Waals surface area contributed by atoms with Gasteiger partial charge in [-0.2, -0.15) is 5.26 Å². The van der Waals surface area contributed by atoms with Gasteiger partial charge < -0.3 is 10.6 Å². The van der Waals surface area contributed by atoms with Gasteiger partial charge in [0.05, 0.1) is 0 Å². The van der Waals surface area contributed by atoms with Crippen molar-refractivity contribution >= 4 is 5.91 Å². The molecule has 5 rings (SSSR count). The van der Waals surface area contributed by atoms with Crippen LogP contribution < -0.4 is 10.6 Å². The van der Waals surface area contributed by atoms with Crippen LogP contribution in [0.15, 0.2) is 11.8 Å². The van der Waals surface area contributed by atoms with Gasteiger partial charge in [-0.15, -0.1) is 0 Å². The zero-order valence-corrected chi connectivity index (χ0v) is 17.0. The van der Waals surface area contributed by atoms with Crippen LogP contribution in [0, 0.1) is 40.4 Å². The van der Waals surface area contributed by atoms with E-state index in [1.54, 1.807) is 6.20 Å². The normalized spacial score (nSPS) is 41.7. The molecule has 0 aromatic heterocycles. The molecule has 2 N–H and O–H groups in total. The topological polar surface area (TPSA) is 64.9 Å². The summed E-state index contributed by atoms with van der Waals surface area (Å²) in [6.45, 7) is 4.43. The predicted molar refractivity (Wildman–Crippen MR) is 106 cm³/mol. The van der Waals surface area contributed by atoms with Gasteiger partial charge in [0.1, 0.15) is 11.6 Å². The minimum atomic E-state index is -0.197. The number of hydrogen-bond acceptors (Lipinski definition) is 3. The molecule has 5 fully saturated rings. The lowest BCUT2D eigenvalue weighted by Gasteiger charge is -2.59. The highest BCUT2D eigenvalue weighted by atomic mass is 16.1. The molecule has 4 bridgehead atoms. The molecule has 0 aliphatic heterocycles. The van der Waals surface area contributed by atoms with Crippen LogP contribution in [0.5, 0.6) is 0 Å². The molecule has 1 amide bonds. The number of amides is 1. The molecule has 0 aromatic rings. The molecule has 0 radical (unpaired) electrons. The van der Waals surface area contributed by atoms with Crippen molar-refractivity contribution in [3.63, 3.8) is 0 Å². The van der Waals surface area contributed by atoms with Crippen LogP contribution in [0.25, 0.3) is 0 Å². The Balaban J connectivity index is 1.38. The first-order chi connectivity index (χ1) is 13.0. The monoisotopic (exact) mass is 369 g/mol. The molecule has 4 nitrogen and oxygen atoms in total. The highest BCUT2D eigenvalue weighted by Crippen LogP contribution is 2.61. The fraction of sp³-hybridized carbons (Fsp3) is 0.826. The lowest BCUT2D eigenvalue weighted by atomic mass is 9.48. The number of nitrogens with one attached hydrogen (secondary N) is 2. The minimum Gasteiger partial charge on any atom is -0.387 e. The molecular weight excluding hydrogens is 334 g/mol. The quantitative estimate of drug-likeness (QED) is 0.561. The van der Waals surface area contributed by atoms with Crippen molar-refractivity contribution in [2.24, 2.45) is 29.1 Å². The molecule has 5 saturated carbocycles. The van der Waals surface area contributed by atoms with Crippen molar-refractivity contribution in [3.8, 4) is 6.07 Å². The second-order valence-electron chi connectivity index (χ2n) is 10.2. The number of carbonyl (C=O) groups excluding carboxylic acids is 1. The molecule has 0 saturated heterocycles. The Kier molecular flexibility index (Phi) is 5.23. The maximum Gasteiger partial charge on any atom is 0.263 e. The van der Waals surface area contributed by atoms with Crippen LogP contribution in [0.2, 0.25) is 0 Å². The first-order valence-corrected chi connectivity index (χ1v) is 11.2. The fourth-order valence-corrected chi connectivity index (χ4v) is 7.04. The van der Waals surface area contributed by atoms with Gasteiger partial charge in [-0.25, -0.2) is 0 Å². The van der Waals surface area contributed by atoms with Crippen molar-refractivity contribution < 1.29 is 4.79 Å². The molecule has 0 aromatic carbocycles. The highest BCUT2D eigenvalue weighted by Gasteiger charge is 2.53. The zero-order valence-electron chi connectivity index (χ0n) is 17.0. The molecule has 27 heavy (non-hydrogen) atoms. The van der Waals surface area contributed by atoms with Gasteiger partial charge in [0, 0.05) is 18.3 Å². The highest BCUT2D eigenvalue weighted by molar-refractivity contribution is 5.97. The summed E-state index contributed by atoms with van der Waals surface area (Å²) in [5.41, 5.74) is 0.500. The summed E-state index contributed by atoms with van der Waals surface area (Å²) < 4.78 is 0. The summed E-state index contributed by atoms with van der Waals surface area (Å²) in [5.74, 6) is 3.02. The van der Waals surface area contributed by atoms with Crippen LogP contribution >= 0.6 is 0 Å². The van der Waals surface area contributed by atoms with Gasteiger partial charge in [-0.05, 0) is 87.4 Å². The van der Waals surface area contributed by atoms with Crippen molar-refractivity contribution in [1.29, 1.82) is 5.26 Å². The van der Waals surface area contributed by atoms with E-state index in [4.69, 9.17) is 0 Å². The van der Waals surface area contributed by atoms with Gasteiger partial charge in [0.2, 0.25) is 0 Å². The molecule has 3 unspecified atom stereocenters. The molecule has 5 aliphatic rings. The lowest BCUT2D eigenvalue weighted by molar-refractivity contribution is -0.122. The van der Waals surface area contributed by atoms with E-state index in [2.05, 4.69) is 30.6 Å². The Morgan fingerprint density at radius 3 is 2.26 bits per heavy atom. The van der Waals surface area contributed by atoms with Gasteiger partial charge in [0.15, 0.2) is 0 Å². The Morgan fingerprint density at radius 1 is 1.11 bits per heavy atom. The van der Waals surface area contributed by atoms with Crippen LogP contribution in [0.4, 0.5) is 0 Å². The Bertz CT molecular complexity index is 611. The second-order valence-corrected chi connectivity index (χ2v) is 10.2. The summed E-state index contributed by atoms with van der Waals surface area (Å²) in [7, 11) is 0. The van der Waals surface area contributed by atoms with Gasteiger partial charge in [-0.3, -0.25) is 4.79 Å². The maximum absolute atomic E-state index is 12.8. The molecule has 3 atom stereocenters. The second kappa shape index (κ2) is 7.49. The maximum atomic E-state index is 12.8. The van der Waals surface area contributed by atoms with E-state index in [1.165, 1.54) is 57.8 Å². The average molecular weight is 370 g/mol. The predicted octanol–water partition coefficient (Wildman–Crippen LogP) is 4.28. The van der Waals surface area contributed by atoms with E-state index >= 15 is 0 Å². The number of nitriles is 1. The Hall–Kier alpha value is -1.50. The largest absolute Gasteiger partial charge is 0.387 e. The SMILES string of the molecule is CC1CCCCC1N/C=C(/C#N)C(=O)NC(C)C12CC3CC(CC(C3)C1)C2. The van der Waals surface area contributed by atoms with E-state index in [0.717, 1.165) is 24.2 Å². The summed E-state index contributed by atoms with van der Waals surface area (Å²) in [6.07, 6.45) is 14.6. The van der Waals surface area contributed by atoms with Crippen LogP contribution in [-0.2, 0) is 4.79 Å². The average Bonchev–Trinajstić information content (AvgIpc) is 2.62. The number of nitrogens with zero attached hydrogens (tertiary/aromatic N) is 1. The van der Waals surface area contributed by atoms with Crippen molar-refractivity contribution in [1.82, 2.24) is 10.6 Å². The lowest BCUT2D eigenvalue weighted by Crippen LogP contribution is -2.56. The van der Waals surface area contributed by atoms with E-state index in [9.17, 15) is 10.1 Å². The summed E-state index contributed by atoms with van der Waals surface area (Å²) in [5, 5.41) is 16.1. The van der Waals surface area contributed by atoms with Gasteiger partial charge in [-0.1, -0.05) is 19.8 Å². The van der Waals surface area contributed by atoms with Crippen molar-refractivity contribution in [2.45, 2.75) is 90.1 Å². The van der Waals surface area contributed by atoms with Crippen molar-refractivity contribution in [3.05, 3.63) is 11.8 Å². The summed E-state index contributed by atoms with van der Waals surface area (Å²) in [6, 6.07) is 2.66. The summed E-state index contributed by atoms with van der Waals surface area (Å²) >= 11 is 0. The van der Waals surface area contributed by atoms with Crippen LogP contribution in [0.1, 0.15) is 78.1 Å². The molecule has 5 aliphatic carbocycles. The first-order valence-electron chi connectivity index (χ1n) is 11.2. The van der Waals surface area contributed by atoms with E-state index in [0.29, 0.717) is 12.0 Å². The summed E-state index contributed by atoms with van der Waals surface area (Å²) in [4.78, 5) is 12.8. The molecule has 148 valence electrons. The van der Waals surface area contributed by atoms with E-state index < -0.39 is 0 Å². The van der Waals surface area contributed by atoms with E-state index in [-0.39, 0.29) is 22.9 Å². The third kappa shape index (κ3) is 3.75. The van der Waals surface area contributed by atoms with Gasteiger partial charge >= 0.3 is 0 Å². The van der Waals surface area contributed by atoms with E-state index in [1.807, 2.05) is 0 Å². The first kappa shape index (κ1) is 18.8.